The number of fused-ring (bicyclic) bond motifs is 1. The highest BCUT2D eigenvalue weighted by molar-refractivity contribution is 6.09. The number of anilines is 1. The fourth-order valence-electron chi connectivity index (χ4n) is 3.13. The smallest absolute Gasteiger partial charge is 0.387 e. The van der Waals surface area contributed by atoms with Crippen LogP contribution in [-0.4, -0.2) is 35.8 Å². The molecule has 1 fully saturated rings. The fourth-order valence-corrected chi connectivity index (χ4v) is 3.13. The maximum atomic E-state index is 12.4. The predicted molar refractivity (Wildman–Crippen MR) is 83.8 cm³/mol. The normalized spacial score (nSPS) is 22.3. The number of nitrogens with one attached hydrogen (secondary N) is 1. The number of hydrogen-bond donors (Lipinski definition) is 1. The minimum absolute atomic E-state index is 0.0472. The number of carbonyl (C=O) groups excluding carboxylic acids is 3. The van der Waals surface area contributed by atoms with Gasteiger partial charge in [-0.3, -0.25) is 19.3 Å². The van der Waals surface area contributed by atoms with Gasteiger partial charge in [-0.15, -0.1) is 0 Å². The summed E-state index contributed by atoms with van der Waals surface area (Å²) in [7, 11) is 0. The summed E-state index contributed by atoms with van der Waals surface area (Å²) in [5.74, 6) is -2.42. The third-order valence-electron chi connectivity index (χ3n) is 4.28. The van der Waals surface area contributed by atoms with Gasteiger partial charge in [0.1, 0.15) is 12.3 Å². The Hall–Kier alpha value is -2.77. The largest absolute Gasteiger partial charge is 0.433 e. The summed E-state index contributed by atoms with van der Waals surface area (Å²) in [5.41, 5.74) is 0.0472. The topological polar surface area (TPSA) is 75.7 Å². The first-order chi connectivity index (χ1) is 12.0. The molecule has 0 saturated carbocycles. The van der Waals surface area contributed by atoms with Gasteiger partial charge in [-0.2, -0.15) is 8.78 Å². The number of imide groups is 1. The maximum absolute atomic E-state index is 12.4. The molecule has 3 rings (SSSR count). The average Bonchev–Trinajstić information content (AvgIpc) is 2.82. The number of para-hydroxylation sites is 2. The van der Waals surface area contributed by atoms with Crippen LogP contribution >= 0.6 is 0 Å². The number of carbonyl (C=O) groups is 3. The molecular weight excluding hydrogens is 334 g/mol. The molecule has 2 atom stereocenters. The van der Waals surface area contributed by atoms with Gasteiger partial charge in [0.05, 0.1) is 17.5 Å². The van der Waals surface area contributed by atoms with E-state index >= 15 is 0 Å². The summed E-state index contributed by atoms with van der Waals surface area (Å²) in [4.78, 5) is 37.8. The predicted octanol–water partition coefficient (Wildman–Crippen LogP) is 2.18. The fraction of sp³-hybridized carbons (Fsp3) is 0.353. The lowest BCUT2D eigenvalue weighted by Gasteiger charge is -2.16. The van der Waals surface area contributed by atoms with E-state index in [1.807, 2.05) is 12.2 Å². The van der Waals surface area contributed by atoms with Crippen LogP contribution < -0.4 is 10.1 Å². The summed E-state index contributed by atoms with van der Waals surface area (Å²) in [6.07, 6.45) is 4.68. The summed E-state index contributed by atoms with van der Waals surface area (Å²) in [6.45, 7) is -3.48. The van der Waals surface area contributed by atoms with Crippen molar-refractivity contribution in [1.29, 1.82) is 0 Å². The van der Waals surface area contributed by atoms with Gasteiger partial charge in [-0.1, -0.05) is 24.3 Å². The SMILES string of the molecule is O=C(CN1C(=O)[C@H]2CC=CC[C@H]2C1=O)Nc1ccccc1OC(F)F. The maximum Gasteiger partial charge on any atom is 0.387 e. The minimum Gasteiger partial charge on any atom is -0.433 e. The Morgan fingerprint density at radius 3 is 2.36 bits per heavy atom. The molecule has 1 aromatic carbocycles. The number of likely N-dealkylation sites (tertiary alicyclic amines) is 1. The molecule has 132 valence electrons. The third kappa shape index (κ3) is 3.52. The first kappa shape index (κ1) is 17.1. The molecular formula is C17H16F2N2O4. The van der Waals surface area contributed by atoms with Crippen molar-refractivity contribution in [2.45, 2.75) is 19.5 Å². The van der Waals surface area contributed by atoms with Crippen molar-refractivity contribution in [1.82, 2.24) is 4.90 Å². The Morgan fingerprint density at radius 2 is 1.76 bits per heavy atom. The van der Waals surface area contributed by atoms with Crippen molar-refractivity contribution in [3.63, 3.8) is 0 Å². The molecule has 1 heterocycles. The van der Waals surface area contributed by atoms with Crippen LogP contribution in [0.25, 0.3) is 0 Å². The van der Waals surface area contributed by atoms with Crippen LogP contribution in [0.5, 0.6) is 5.75 Å². The summed E-state index contributed by atoms with van der Waals surface area (Å²) < 4.78 is 29.1. The molecule has 1 aromatic rings. The quantitative estimate of drug-likeness (QED) is 0.652. The van der Waals surface area contributed by atoms with E-state index in [2.05, 4.69) is 10.1 Å². The Bertz CT molecular complexity index is 709. The Morgan fingerprint density at radius 1 is 1.16 bits per heavy atom. The summed E-state index contributed by atoms with van der Waals surface area (Å²) in [5, 5.41) is 2.41. The van der Waals surface area contributed by atoms with Gasteiger partial charge >= 0.3 is 6.61 Å². The number of amides is 3. The van der Waals surface area contributed by atoms with Gasteiger partial charge in [0, 0.05) is 0 Å². The monoisotopic (exact) mass is 350 g/mol. The zero-order chi connectivity index (χ0) is 18.0. The van der Waals surface area contributed by atoms with Crippen LogP contribution in [0, 0.1) is 11.8 Å². The van der Waals surface area contributed by atoms with Gasteiger partial charge < -0.3 is 10.1 Å². The Balaban J connectivity index is 1.67. The molecule has 8 heteroatoms. The van der Waals surface area contributed by atoms with Crippen molar-refractivity contribution in [3.05, 3.63) is 36.4 Å². The number of halogens is 2. The van der Waals surface area contributed by atoms with Crippen LogP contribution in [0.3, 0.4) is 0 Å². The zero-order valence-corrected chi connectivity index (χ0v) is 13.2. The number of alkyl halides is 2. The molecule has 0 unspecified atom stereocenters. The highest BCUT2D eigenvalue weighted by Gasteiger charge is 2.47. The minimum atomic E-state index is -3.03. The summed E-state index contributed by atoms with van der Waals surface area (Å²) >= 11 is 0. The van der Waals surface area contributed by atoms with Crippen LogP contribution in [0.1, 0.15) is 12.8 Å². The van der Waals surface area contributed by atoms with Crippen molar-refractivity contribution in [2.24, 2.45) is 11.8 Å². The second kappa shape index (κ2) is 7.00. The van der Waals surface area contributed by atoms with Crippen molar-refractivity contribution < 1.29 is 27.9 Å². The van der Waals surface area contributed by atoms with Gasteiger partial charge in [0.25, 0.3) is 0 Å². The van der Waals surface area contributed by atoms with Gasteiger partial charge in [-0.05, 0) is 25.0 Å². The van der Waals surface area contributed by atoms with Crippen molar-refractivity contribution in [2.75, 3.05) is 11.9 Å². The van der Waals surface area contributed by atoms with E-state index in [1.165, 1.54) is 18.2 Å². The van der Waals surface area contributed by atoms with E-state index < -0.39 is 30.9 Å². The van der Waals surface area contributed by atoms with Crippen molar-refractivity contribution >= 4 is 23.4 Å². The molecule has 0 bridgehead atoms. The van der Waals surface area contributed by atoms with Crippen LogP contribution in [0.4, 0.5) is 14.5 Å². The third-order valence-corrected chi connectivity index (χ3v) is 4.28. The van der Waals surface area contributed by atoms with E-state index in [9.17, 15) is 23.2 Å². The second-order valence-electron chi connectivity index (χ2n) is 5.84. The van der Waals surface area contributed by atoms with Gasteiger partial charge in [0.2, 0.25) is 17.7 Å². The lowest BCUT2D eigenvalue weighted by atomic mass is 9.85. The molecule has 0 aromatic heterocycles. The Labute approximate surface area is 142 Å². The highest BCUT2D eigenvalue weighted by atomic mass is 19.3. The highest BCUT2D eigenvalue weighted by Crippen LogP contribution is 2.35. The Kier molecular flexibility index (Phi) is 4.78. The molecule has 0 radical (unpaired) electrons. The number of rotatable bonds is 5. The molecule has 2 aliphatic rings. The number of nitrogens with zero attached hydrogens (tertiary/aromatic N) is 1. The van der Waals surface area contributed by atoms with Crippen LogP contribution in [0.15, 0.2) is 36.4 Å². The first-order valence-corrected chi connectivity index (χ1v) is 7.81. The number of benzene rings is 1. The molecule has 6 nitrogen and oxygen atoms in total. The van der Waals surface area contributed by atoms with E-state index in [1.54, 1.807) is 6.07 Å². The first-order valence-electron chi connectivity index (χ1n) is 7.81. The molecule has 3 amide bonds. The van der Waals surface area contributed by atoms with Crippen LogP contribution in [-0.2, 0) is 14.4 Å². The molecule has 0 spiro atoms. The van der Waals surface area contributed by atoms with E-state index in [0.29, 0.717) is 12.8 Å². The summed E-state index contributed by atoms with van der Waals surface area (Å²) in [6, 6.07) is 5.71. The number of hydrogen-bond acceptors (Lipinski definition) is 4. The lowest BCUT2D eigenvalue weighted by Crippen LogP contribution is -2.38. The lowest BCUT2D eigenvalue weighted by molar-refractivity contribution is -0.142. The van der Waals surface area contributed by atoms with Crippen molar-refractivity contribution in [3.8, 4) is 5.75 Å². The van der Waals surface area contributed by atoms with Gasteiger partial charge in [-0.25, -0.2) is 0 Å². The van der Waals surface area contributed by atoms with E-state index in [-0.39, 0.29) is 23.3 Å². The van der Waals surface area contributed by atoms with Gasteiger partial charge in [0.15, 0.2) is 0 Å². The van der Waals surface area contributed by atoms with Crippen LogP contribution in [0.2, 0.25) is 0 Å². The molecule has 1 aliphatic carbocycles. The van der Waals surface area contributed by atoms with E-state index in [4.69, 9.17) is 0 Å². The zero-order valence-electron chi connectivity index (χ0n) is 13.2. The van der Waals surface area contributed by atoms with E-state index in [0.717, 1.165) is 4.90 Å². The number of ether oxygens (including phenoxy) is 1. The standard InChI is InChI=1S/C17H16F2N2O4/c18-17(19)25-13-8-4-3-7-12(13)20-14(22)9-21-15(23)10-5-1-2-6-11(10)16(21)24/h1-4,7-8,10-11,17H,5-6,9H2,(H,20,22)/t10-,11+. The molecule has 1 saturated heterocycles. The number of allylic oxidation sites excluding steroid dienone is 2. The molecule has 25 heavy (non-hydrogen) atoms. The molecule has 1 aliphatic heterocycles. The average molecular weight is 350 g/mol. The molecule has 1 N–H and O–H groups in total. The second-order valence-corrected chi connectivity index (χ2v) is 5.84.